The van der Waals surface area contributed by atoms with Crippen LogP contribution < -0.4 is 5.14 Å². The monoisotopic (exact) mass is 451 g/mol. The number of hydrogen-bond donors (Lipinski definition) is 1. The van der Waals surface area contributed by atoms with Crippen LogP contribution in [0.2, 0.25) is 0 Å². The molecule has 2 N–H and O–H groups in total. The molecule has 1 unspecified atom stereocenters. The number of primary sulfonamides is 1. The average molecular weight is 452 g/mol. The van der Waals surface area contributed by atoms with E-state index in [-0.39, 0.29) is 23.4 Å². The van der Waals surface area contributed by atoms with E-state index in [0.29, 0.717) is 15.5 Å². The highest BCUT2D eigenvalue weighted by molar-refractivity contribution is 7.89. The van der Waals surface area contributed by atoms with E-state index in [0.717, 1.165) is 28.0 Å². The molecule has 0 aliphatic heterocycles. The van der Waals surface area contributed by atoms with Gasteiger partial charge in [-0.15, -0.1) is 11.3 Å². The summed E-state index contributed by atoms with van der Waals surface area (Å²) in [4.78, 5) is 14.3. The molecule has 5 nitrogen and oxygen atoms in total. The summed E-state index contributed by atoms with van der Waals surface area (Å²) in [5.74, 6) is -0.266. The Bertz CT molecular complexity index is 1130. The van der Waals surface area contributed by atoms with Gasteiger partial charge in [0.05, 0.1) is 11.5 Å². The highest BCUT2D eigenvalue weighted by Gasteiger charge is 2.27. The van der Waals surface area contributed by atoms with Crippen molar-refractivity contribution in [3.63, 3.8) is 0 Å². The number of sulfonamides is 1. The van der Waals surface area contributed by atoms with Crippen molar-refractivity contribution in [1.82, 2.24) is 0 Å². The number of hydrogen-bond acceptors (Lipinski definition) is 5. The molecule has 0 radical (unpaired) electrons. The number of benzene rings is 1. The number of aryl methyl sites for hydroxylation is 1. The zero-order valence-corrected chi connectivity index (χ0v) is 18.7. The van der Waals surface area contributed by atoms with Gasteiger partial charge in [0.2, 0.25) is 10.0 Å². The predicted octanol–water partition coefficient (Wildman–Crippen LogP) is 5.02. The van der Waals surface area contributed by atoms with E-state index in [2.05, 4.69) is 0 Å². The smallest absolute Gasteiger partial charge is 0.348 e. The molecule has 0 saturated carbocycles. The second-order valence-corrected chi connectivity index (χ2v) is 9.85. The number of nitrogens with two attached hydrogens (primary N) is 1. The fraction of sp³-hybridized carbons (Fsp3) is 0.286. The van der Waals surface area contributed by atoms with E-state index in [4.69, 9.17) is 21.5 Å². The summed E-state index contributed by atoms with van der Waals surface area (Å²) in [6.07, 6.45) is 6.61. The maximum absolute atomic E-state index is 12.7. The largest absolute Gasteiger partial charge is 0.462 e. The number of carbonyl (C=O) groups excluding carboxylic acids is 1. The van der Waals surface area contributed by atoms with Crippen molar-refractivity contribution >= 4 is 38.9 Å². The molecule has 29 heavy (non-hydrogen) atoms. The number of esters is 1. The fourth-order valence-electron chi connectivity index (χ4n) is 3.49. The number of rotatable bonds is 5. The van der Waals surface area contributed by atoms with Crippen LogP contribution in [0.3, 0.4) is 0 Å². The third-order valence-corrected chi connectivity index (χ3v) is 7.56. The number of halogens is 1. The third kappa shape index (κ3) is 4.48. The second-order valence-electron chi connectivity index (χ2n) is 6.83. The first-order valence-electron chi connectivity index (χ1n) is 9.11. The zero-order valence-electron chi connectivity index (χ0n) is 16.4. The van der Waals surface area contributed by atoms with E-state index < -0.39 is 10.0 Å². The van der Waals surface area contributed by atoms with Crippen LogP contribution in [-0.4, -0.2) is 21.0 Å². The van der Waals surface area contributed by atoms with Crippen molar-refractivity contribution in [3.05, 3.63) is 62.3 Å². The Morgan fingerprint density at radius 2 is 2.07 bits per heavy atom. The summed E-state index contributed by atoms with van der Waals surface area (Å²) >= 11 is 7.46. The summed E-state index contributed by atoms with van der Waals surface area (Å²) in [5, 5.41) is 5.99. The van der Waals surface area contributed by atoms with E-state index in [9.17, 15) is 13.2 Å². The Labute approximate surface area is 179 Å². The van der Waals surface area contributed by atoms with Crippen LogP contribution in [0.5, 0.6) is 0 Å². The Morgan fingerprint density at radius 3 is 2.62 bits per heavy atom. The quantitative estimate of drug-likeness (QED) is 0.646. The lowest BCUT2D eigenvalue weighted by atomic mass is 9.92. The first-order chi connectivity index (χ1) is 13.6. The molecule has 1 aliphatic rings. The number of thiophene rings is 1. The summed E-state index contributed by atoms with van der Waals surface area (Å²) in [7, 11) is -3.81. The van der Waals surface area contributed by atoms with Crippen LogP contribution in [0.1, 0.15) is 44.9 Å². The fourth-order valence-corrected chi connectivity index (χ4v) is 5.73. The Hall–Kier alpha value is -1.93. The van der Waals surface area contributed by atoms with E-state index in [1.807, 2.05) is 25.2 Å². The van der Waals surface area contributed by atoms with Crippen molar-refractivity contribution in [1.29, 1.82) is 0 Å². The molecule has 0 spiro atoms. The highest BCUT2D eigenvalue weighted by atomic mass is 35.5. The molecule has 2 aromatic rings. The van der Waals surface area contributed by atoms with Crippen molar-refractivity contribution in [2.75, 3.05) is 6.61 Å². The molecule has 0 amide bonds. The minimum absolute atomic E-state index is 0.0713. The van der Waals surface area contributed by atoms with Gasteiger partial charge in [-0.1, -0.05) is 35.9 Å². The molecule has 0 bridgehead atoms. The van der Waals surface area contributed by atoms with Gasteiger partial charge in [-0.05, 0) is 56.0 Å². The maximum atomic E-state index is 12.7. The molecular formula is C21H22ClNO4S2. The van der Waals surface area contributed by atoms with E-state index >= 15 is 0 Å². The lowest BCUT2D eigenvalue weighted by Crippen LogP contribution is -2.13. The molecule has 0 fully saturated rings. The Morgan fingerprint density at radius 1 is 1.34 bits per heavy atom. The van der Waals surface area contributed by atoms with Crippen LogP contribution in [-0.2, 0) is 14.8 Å². The van der Waals surface area contributed by atoms with Gasteiger partial charge in [0, 0.05) is 21.4 Å². The van der Waals surface area contributed by atoms with Crippen LogP contribution in [0.4, 0.5) is 0 Å². The van der Waals surface area contributed by atoms with Gasteiger partial charge in [0.25, 0.3) is 0 Å². The van der Waals surface area contributed by atoms with Gasteiger partial charge in [0.15, 0.2) is 0 Å². The Kier molecular flexibility index (Phi) is 6.33. The summed E-state index contributed by atoms with van der Waals surface area (Å²) in [5.41, 5.74) is 3.02. The Balaban J connectivity index is 2.16. The average Bonchev–Trinajstić information content (AvgIpc) is 2.99. The molecule has 8 heteroatoms. The summed E-state index contributed by atoms with van der Waals surface area (Å²) in [6, 6.07) is 4.91. The van der Waals surface area contributed by atoms with Gasteiger partial charge in [0.1, 0.15) is 4.88 Å². The first kappa shape index (κ1) is 21.8. The lowest BCUT2D eigenvalue weighted by molar-refractivity contribution is 0.0533. The highest BCUT2D eigenvalue weighted by Crippen LogP contribution is 2.43. The van der Waals surface area contributed by atoms with Crippen LogP contribution in [0.15, 0.2) is 46.4 Å². The van der Waals surface area contributed by atoms with Crippen molar-refractivity contribution in [3.8, 4) is 11.1 Å². The molecular weight excluding hydrogens is 430 g/mol. The van der Waals surface area contributed by atoms with E-state index in [1.54, 1.807) is 26.0 Å². The first-order valence-corrected chi connectivity index (χ1v) is 11.9. The number of allylic oxidation sites excluding steroid dienone is 4. The standard InChI is InChI=1S/C21H22ClNO4S2/c1-4-27-21(24)20-18(15-7-10-17(12(2)11-15)29(23,25)26)13(3)19(28-20)14-5-8-16(22)9-6-14/h5,7-11,14H,4,6H2,1-3H3,(H2,23,25,26). The third-order valence-electron chi connectivity index (χ3n) is 4.81. The molecule has 1 aromatic heterocycles. The summed E-state index contributed by atoms with van der Waals surface area (Å²) < 4.78 is 28.8. The normalized spacial score (nSPS) is 16.6. The topological polar surface area (TPSA) is 86.5 Å². The maximum Gasteiger partial charge on any atom is 0.348 e. The lowest BCUT2D eigenvalue weighted by Gasteiger charge is -2.14. The molecule has 1 heterocycles. The van der Waals surface area contributed by atoms with Crippen molar-refractivity contribution < 1.29 is 17.9 Å². The second kappa shape index (κ2) is 8.44. The molecule has 1 aliphatic carbocycles. The minimum Gasteiger partial charge on any atom is -0.462 e. The van der Waals surface area contributed by atoms with Gasteiger partial charge in [-0.2, -0.15) is 0 Å². The van der Waals surface area contributed by atoms with Crippen LogP contribution in [0.25, 0.3) is 11.1 Å². The van der Waals surface area contributed by atoms with Crippen LogP contribution >= 0.6 is 22.9 Å². The SMILES string of the molecule is CCOC(=O)c1sc(C2C=CC(Cl)=CC2)c(C)c1-c1ccc(S(N)(=O)=O)c(C)c1. The molecule has 1 aromatic carbocycles. The molecule has 0 saturated heterocycles. The summed E-state index contributed by atoms with van der Waals surface area (Å²) in [6.45, 7) is 5.70. The van der Waals surface area contributed by atoms with Gasteiger partial charge >= 0.3 is 5.97 Å². The van der Waals surface area contributed by atoms with E-state index in [1.165, 1.54) is 17.4 Å². The van der Waals surface area contributed by atoms with Crippen molar-refractivity contribution in [2.45, 2.75) is 38.0 Å². The molecule has 1 atom stereocenters. The minimum atomic E-state index is -3.81. The van der Waals surface area contributed by atoms with Gasteiger partial charge < -0.3 is 4.74 Å². The van der Waals surface area contributed by atoms with Crippen LogP contribution in [0, 0.1) is 13.8 Å². The van der Waals surface area contributed by atoms with Crippen molar-refractivity contribution in [2.24, 2.45) is 5.14 Å². The zero-order chi connectivity index (χ0) is 21.3. The predicted molar refractivity (Wildman–Crippen MR) is 117 cm³/mol. The molecule has 154 valence electrons. The molecule has 3 rings (SSSR count). The number of ether oxygens (including phenoxy) is 1. The number of carbonyl (C=O) groups is 1. The van der Waals surface area contributed by atoms with Gasteiger partial charge in [-0.25, -0.2) is 18.4 Å². The van der Waals surface area contributed by atoms with Gasteiger partial charge in [-0.3, -0.25) is 0 Å².